The fourth-order valence-electron chi connectivity index (χ4n) is 2.03. The fourth-order valence-corrected chi connectivity index (χ4v) is 3.11. The summed E-state index contributed by atoms with van der Waals surface area (Å²) in [6, 6.07) is 10.9. The van der Waals surface area contributed by atoms with Crippen LogP contribution in [0, 0.1) is 4.77 Å². The van der Waals surface area contributed by atoms with Gasteiger partial charge in [-0.1, -0.05) is 40.9 Å². The predicted molar refractivity (Wildman–Crippen MR) is 83.5 cm³/mol. The van der Waals surface area contributed by atoms with Gasteiger partial charge in [-0.2, -0.15) is 0 Å². The Balaban J connectivity index is 2.42. The number of fused-ring (bicyclic) bond motifs is 1. The van der Waals surface area contributed by atoms with Gasteiger partial charge in [0, 0.05) is 10.0 Å². The maximum absolute atomic E-state index is 6.25. The molecule has 0 aliphatic heterocycles. The topological polar surface area (TPSA) is 20.7 Å². The smallest absolute Gasteiger partial charge is 0.182 e. The highest BCUT2D eigenvalue weighted by molar-refractivity contribution is 7.71. The summed E-state index contributed by atoms with van der Waals surface area (Å²) in [5.41, 5.74) is 2.46. The molecule has 2 aromatic carbocycles. The van der Waals surface area contributed by atoms with Crippen molar-refractivity contribution < 1.29 is 0 Å². The van der Waals surface area contributed by atoms with E-state index in [0.717, 1.165) is 16.7 Å². The van der Waals surface area contributed by atoms with Crippen molar-refractivity contribution in [2.24, 2.45) is 0 Å². The Hall–Kier alpha value is -1.000. The molecular weight excluding hydrogens is 323 g/mol. The monoisotopic (exact) mass is 328 g/mol. The normalized spacial score (nSPS) is 11.1. The number of aromatic amines is 1. The molecule has 6 heteroatoms. The van der Waals surface area contributed by atoms with Gasteiger partial charge >= 0.3 is 0 Å². The molecule has 3 aromatic rings. The number of rotatable bonds is 1. The average molecular weight is 330 g/mol. The molecule has 19 heavy (non-hydrogen) atoms. The minimum absolute atomic E-state index is 0.543. The van der Waals surface area contributed by atoms with Gasteiger partial charge in [0.25, 0.3) is 0 Å². The van der Waals surface area contributed by atoms with Gasteiger partial charge in [-0.15, -0.1) is 0 Å². The molecule has 0 aliphatic rings. The number of H-pyrrole nitrogens is 1. The molecule has 0 unspecified atom stereocenters. The molecule has 1 heterocycles. The van der Waals surface area contributed by atoms with Crippen LogP contribution in [-0.4, -0.2) is 9.55 Å². The molecule has 0 fully saturated rings. The number of hydrogen-bond donors (Lipinski definition) is 1. The Morgan fingerprint density at radius 2 is 1.68 bits per heavy atom. The number of hydrogen-bond acceptors (Lipinski definition) is 1. The molecule has 0 amide bonds. The maximum Gasteiger partial charge on any atom is 0.182 e. The number of nitrogens with zero attached hydrogens (tertiary/aromatic N) is 1. The van der Waals surface area contributed by atoms with Crippen LogP contribution < -0.4 is 0 Å². The Morgan fingerprint density at radius 3 is 2.37 bits per heavy atom. The molecule has 96 valence electrons. The van der Waals surface area contributed by atoms with E-state index in [1.165, 1.54) is 0 Å². The van der Waals surface area contributed by atoms with Crippen LogP contribution in [-0.2, 0) is 0 Å². The highest BCUT2D eigenvalue weighted by Gasteiger charge is 2.10. The largest absolute Gasteiger partial charge is 0.330 e. The lowest BCUT2D eigenvalue weighted by Crippen LogP contribution is -1.94. The summed E-state index contributed by atoms with van der Waals surface area (Å²) >= 11 is 23.7. The van der Waals surface area contributed by atoms with Gasteiger partial charge in [0.15, 0.2) is 4.77 Å². The van der Waals surface area contributed by atoms with Gasteiger partial charge in [-0.3, -0.25) is 4.57 Å². The van der Waals surface area contributed by atoms with Crippen LogP contribution in [0.25, 0.3) is 16.7 Å². The SMILES string of the molecule is S=c1[nH]c2cccc(Cl)c2n1-c1cc(Cl)cc(Cl)c1. The van der Waals surface area contributed by atoms with Crippen LogP contribution in [0.2, 0.25) is 15.1 Å². The van der Waals surface area contributed by atoms with E-state index in [4.69, 9.17) is 47.0 Å². The Morgan fingerprint density at radius 1 is 1.00 bits per heavy atom. The van der Waals surface area contributed by atoms with Crippen LogP contribution in [0.5, 0.6) is 0 Å². The Labute approximate surface area is 129 Å². The van der Waals surface area contributed by atoms with E-state index in [1.807, 2.05) is 22.8 Å². The first-order valence-electron chi connectivity index (χ1n) is 5.42. The van der Waals surface area contributed by atoms with Gasteiger partial charge < -0.3 is 4.98 Å². The highest BCUT2D eigenvalue weighted by atomic mass is 35.5. The van der Waals surface area contributed by atoms with Gasteiger partial charge in [0.2, 0.25) is 0 Å². The van der Waals surface area contributed by atoms with Crippen LogP contribution in [0.15, 0.2) is 36.4 Å². The van der Waals surface area contributed by atoms with E-state index < -0.39 is 0 Å². The van der Waals surface area contributed by atoms with Crippen molar-refractivity contribution in [3.63, 3.8) is 0 Å². The molecule has 0 aliphatic carbocycles. The van der Waals surface area contributed by atoms with E-state index in [1.54, 1.807) is 18.2 Å². The summed E-state index contributed by atoms with van der Waals surface area (Å²) < 4.78 is 2.37. The Kier molecular flexibility index (Phi) is 3.31. The van der Waals surface area contributed by atoms with Crippen molar-refractivity contribution in [1.82, 2.24) is 9.55 Å². The fraction of sp³-hybridized carbons (Fsp3) is 0. The summed E-state index contributed by atoms with van der Waals surface area (Å²) in [5.74, 6) is 0. The third kappa shape index (κ3) is 2.28. The first-order chi connectivity index (χ1) is 9.06. The zero-order valence-electron chi connectivity index (χ0n) is 9.45. The third-order valence-corrected chi connectivity index (χ3v) is 3.79. The molecule has 0 spiro atoms. The third-order valence-electron chi connectivity index (χ3n) is 2.76. The lowest BCUT2D eigenvalue weighted by molar-refractivity contribution is 1.07. The van der Waals surface area contributed by atoms with Crippen molar-refractivity contribution in [2.45, 2.75) is 0 Å². The van der Waals surface area contributed by atoms with Crippen molar-refractivity contribution in [2.75, 3.05) is 0 Å². The molecule has 0 saturated carbocycles. The molecule has 0 bridgehead atoms. The zero-order chi connectivity index (χ0) is 13.6. The van der Waals surface area contributed by atoms with Crippen LogP contribution in [0.3, 0.4) is 0 Å². The second-order valence-corrected chi connectivity index (χ2v) is 5.70. The summed E-state index contributed by atoms with van der Waals surface area (Å²) in [6.45, 7) is 0. The number of halogens is 3. The molecule has 0 saturated heterocycles. The van der Waals surface area contributed by atoms with E-state index >= 15 is 0 Å². The lowest BCUT2D eigenvalue weighted by atomic mass is 10.3. The number of benzene rings is 2. The van der Waals surface area contributed by atoms with Gasteiger partial charge in [-0.05, 0) is 42.5 Å². The maximum atomic E-state index is 6.25. The van der Waals surface area contributed by atoms with E-state index in [-0.39, 0.29) is 0 Å². The van der Waals surface area contributed by atoms with Crippen molar-refractivity contribution in [3.8, 4) is 5.69 Å². The highest BCUT2D eigenvalue weighted by Crippen LogP contribution is 2.29. The number of imidazole rings is 1. The van der Waals surface area contributed by atoms with Crippen molar-refractivity contribution >= 4 is 58.1 Å². The second kappa shape index (κ2) is 4.84. The van der Waals surface area contributed by atoms with Crippen LogP contribution in [0.1, 0.15) is 0 Å². The summed E-state index contributed by atoms with van der Waals surface area (Å²) in [6.07, 6.45) is 0. The Bertz CT molecular complexity index is 815. The standard InChI is InChI=1S/C13H7Cl3N2S/c14-7-4-8(15)6-9(5-7)18-12-10(16)2-1-3-11(12)17-13(18)19/h1-6H,(H,17,19). The number of nitrogens with one attached hydrogen (secondary N) is 1. The minimum Gasteiger partial charge on any atom is -0.330 e. The zero-order valence-corrected chi connectivity index (χ0v) is 12.5. The molecule has 1 N–H and O–H groups in total. The number of aromatic nitrogens is 2. The molecule has 1 aromatic heterocycles. The molecule has 3 rings (SSSR count). The first kappa shape index (κ1) is 13.0. The number of para-hydroxylation sites is 1. The summed E-state index contributed by atoms with van der Waals surface area (Å²) in [4.78, 5) is 3.11. The molecule has 2 nitrogen and oxygen atoms in total. The predicted octanol–water partition coefficient (Wildman–Crippen LogP) is 5.65. The summed E-state index contributed by atoms with van der Waals surface area (Å²) in [7, 11) is 0. The van der Waals surface area contributed by atoms with Gasteiger partial charge in [-0.25, -0.2) is 0 Å². The quantitative estimate of drug-likeness (QED) is 0.572. The lowest BCUT2D eigenvalue weighted by Gasteiger charge is -2.07. The van der Waals surface area contributed by atoms with E-state index in [9.17, 15) is 0 Å². The van der Waals surface area contributed by atoms with Crippen molar-refractivity contribution in [1.29, 1.82) is 0 Å². The first-order valence-corrected chi connectivity index (χ1v) is 6.96. The van der Waals surface area contributed by atoms with Crippen LogP contribution in [0.4, 0.5) is 0 Å². The van der Waals surface area contributed by atoms with E-state index in [2.05, 4.69) is 4.98 Å². The minimum atomic E-state index is 0.543. The summed E-state index contributed by atoms with van der Waals surface area (Å²) in [5, 5.41) is 1.71. The second-order valence-electron chi connectivity index (χ2n) is 4.03. The molecular formula is C13H7Cl3N2S. The average Bonchev–Trinajstić information content (AvgIpc) is 2.65. The van der Waals surface area contributed by atoms with E-state index in [0.29, 0.717) is 19.8 Å². The van der Waals surface area contributed by atoms with Gasteiger partial charge in [0.1, 0.15) is 0 Å². The molecule has 0 radical (unpaired) electrons. The van der Waals surface area contributed by atoms with Crippen molar-refractivity contribution in [3.05, 3.63) is 56.2 Å². The molecule has 0 atom stereocenters. The van der Waals surface area contributed by atoms with Crippen LogP contribution >= 0.6 is 47.0 Å². The van der Waals surface area contributed by atoms with Gasteiger partial charge in [0.05, 0.1) is 21.7 Å².